The summed E-state index contributed by atoms with van der Waals surface area (Å²) in [6.07, 6.45) is 0. The topological polar surface area (TPSA) is 47.3 Å². The number of anilines is 2. The van der Waals surface area contributed by atoms with E-state index in [1.165, 1.54) is 6.07 Å². The van der Waals surface area contributed by atoms with Gasteiger partial charge >= 0.3 is 0 Å². The van der Waals surface area contributed by atoms with Crippen molar-refractivity contribution in [3.8, 4) is 6.07 Å². The number of nitrogens with zero attached hydrogens (tertiary/aromatic N) is 2. The molecular formula is C15H13FN2O. The number of rotatable bonds is 3. The van der Waals surface area contributed by atoms with Gasteiger partial charge in [0.2, 0.25) is 0 Å². The maximum absolute atomic E-state index is 13.9. The zero-order chi connectivity index (χ0) is 13.8. The lowest BCUT2D eigenvalue weighted by atomic mass is 10.1. The van der Waals surface area contributed by atoms with Crippen LogP contribution in [0, 0.1) is 17.1 Å². The van der Waals surface area contributed by atoms with Crippen LogP contribution in [0.2, 0.25) is 0 Å². The molecule has 0 aromatic heterocycles. The largest absolute Gasteiger partial charge is 0.392 e. The van der Waals surface area contributed by atoms with Crippen LogP contribution in [0.5, 0.6) is 0 Å². The summed E-state index contributed by atoms with van der Waals surface area (Å²) in [6.45, 7) is -0.241. The number of hydrogen-bond donors (Lipinski definition) is 1. The Balaban J connectivity index is 2.50. The molecular weight excluding hydrogens is 243 g/mol. The Morgan fingerprint density at radius 2 is 2.00 bits per heavy atom. The zero-order valence-corrected chi connectivity index (χ0v) is 10.5. The predicted octanol–water partition coefficient (Wildman–Crippen LogP) is 2.96. The maximum atomic E-state index is 13.9. The second-order valence-electron chi connectivity index (χ2n) is 4.13. The number of nitriles is 1. The van der Waals surface area contributed by atoms with Crippen LogP contribution >= 0.6 is 0 Å². The van der Waals surface area contributed by atoms with E-state index >= 15 is 0 Å². The van der Waals surface area contributed by atoms with Crippen molar-refractivity contribution >= 4 is 11.4 Å². The number of hydrogen-bond acceptors (Lipinski definition) is 3. The van der Waals surface area contributed by atoms with Gasteiger partial charge in [-0.3, -0.25) is 0 Å². The second-order valence-corrected chi connectivity index (χ2v) is 4.13. The molecule has 0 aliphatic rings. The van der Waals surface area contributed by atoms with Gasteiger partial charge in [0.15, 0.2) is 0 Å². The number of para-hydroxylation sites is 1. The van der Waals surface area contributed by atoms with Crippen molar-refractivity contribution in [2.45, 2.75) is 6.61 Å². The van der Waals surface area contributed by atoms with E-state index in [-0.39, 0.29) is 6.61 Å². The molecule has 96 valence electrons. The molecule has 0 aliphatic carbocycles. The fourth-order valence-corrected chi connectivity index (χ4v) is 1.98. The van der Waals surface area contributed by atoms with Crippen LogP contribution < -0.4 is 4.90 Å². The van der Waals surface area contributed by atoms with Crippen LogP contribution in [-0.4, -0.2) is 12.2 Å². The average Bonchev–Trinajstić information content (AvgIpc) is 2.46. The van der Waals surface area contributed by atoms with E-state index in [0.717, 1.165) is 0 Å². The predicted molar refractivity (Wildman–Crippen MR) is 71.5 cm³/mol. The fraction of sp³-hybridized carbons (Fsp3) is 0.133. The SMILES string of the molecule is CN(c1cccc(C#N)c1)c1c(F)cccc1CO. The Labute approximate surface area is 111 Å². The molecule has 0 saturated carbocycles. The van der Waals surface area contributed by atoms with Gasteiger partial charge in [0.25, 0.3) is 0 Å². The van der Waals surface area contributed by atoms with Crippen molar-refractivity contribution in [2.24, 2.45) is 0 Å². The van der Waals surface area contributed by atoms with Gasteiger partial charge in [-0.1, -0.05) is 18.2 Å². The van der Waals surface area contributed by atoms with Crippen molar-refractivity contribution in [3.63, 3.8) is 0 Å². The molecule has 19 heavy (non-hydrogen) atoms. The first-order valence-electron chi connectivity index (χ1n) is 5.79. The van der Waals surface area contributed by atoms with Crippen LogP contribution in [0.4, 0.5) is 15.8 Å². The molecule has 0 atom stereocenters. The Bertz CT molecular complexity index is 634. The van der Waals surface area contributed by atoms with E-state index in [0.29, 0.717) is 22.5 Å². The van der Waals surface area contributed by atoms with Gasteiger partial charge in [-0.25, -0.2) is 4.39 Å². The lowest BCUT2D eigenvalue weighted by Crippen LogP contribution is -2.14. The standard InChI is InChI=1S/C15H13FN2O/c1-18(13-6-2-4-11(8-13)9-17)15-12(10-19)5-3-7-14(15)16/h2-8,19H,10H2,1H3. The first-order chi connectivity index (χ1) is 9.17. The summed E-state index contributed by atoms with van der Waals surface area (Å²) < 4.78 is 13.9. The molecule has 0 fully saturated rings. The maximum Gasteiger partial charge on any atom is 0.147 e. The van der Waals surface area contributed by atoms with Crippen LogP contribution in [0.25, 0.3) is 0 Å². The molecule has 0 spiro atoms. The molecule has 2 aromatic carbocycles. The monoisotopic (exact) mass is 256 g/mol. The molecule has 0 aliphatic heterocycles. The molecule has 1 N–H and O–H groups in total. The van der Waals surface area contributed by atoms with Crippen LogP contribution in [0.15, 0.2) is 42.5 Å². The highest BCUT2D eigenvalue weighted by Gasteiger charge is 2.14. The second kappa shape index (κ2) is 5.51. The molecule has 0 heterocycles. The first-order valence-corrected chi connectivity index (χ1v) is 5.79. The summed E-state index contributed by atoms with van der Waals surface area (Å²) in [5.74, 6) is -0.406. The summed E-state index contributed by atoms with van der Waals surface area (Å²) >= 11 is 0. The number of halogens is 1. The average molecular weight is 256 g/mol. The highest BCUT2D eigenvalue weighted by atomic mass is 19.1. The minimum Gasteiger partial charge on any atom is -0.392 e. The Hall–Kier alpha value is -2.38. The third kappa shape index (κ3) is 2.56. The van der Waals surface area contributed by atoms with Crippen LogP contribution in [0.3, 0.4) is 0 Å². The number of aliphatic hydroxyl groups is 1. The van der Waals surface area contributed by atoms with Crippen LogP contribution in [0.1, 0.15) is 11.1 Å². The van der Waals surface area contributed by atoms with E-state index < -0.39 is 5.82 Å². The van der Waals surface area contributed by atoms with Crippen molar-refractivity contribution in [1.29, 1.82) is 5.26 Å². The van der Waals surface area contributed by atoms with Gasteiger partial charge in [0.1, 0.15) is 5.82 Å². The van der Waals surface area contributed by atoms with E-state index in [9.17, 15) is 9.50 Å². The third-order valence-corrected chi connectivity index (χ3v) is 2.94. The van der Waals surface area contributed by atoms with Gasteiger partial charge < -0.3 is 10.0 Å². The lowest BCUT2D eigenvalue weighted by Gasteiger charge is -2.22. The minimum absolute atomic E-state index is 0.241. The molecule has 0 unspecified atom stereocenters. The molecule has 0 bridgehead atoms. The van der Waals surface area contributed by atoms with E-state index in [1.54, 1.807) is 48.3 Å². The molecule has 0 saturated heterocycles. The summed E-state index contributed by atoms with van der Waals surface area (Å²) in [7, 11) is 1.70. The van der Waals surface area contributed by atoms with Crippen molar-refractivity contribution < 1.29 is 9.50 Å². The highest BCUT2D eigenvalue weighted by Crippen LogP contribution is 2.30. The smallest absolute Gasteiger partial charge is 0.147 e. The minimum atomic E-state index is -0.406. The van der Waals surface area contributed by atoms with Gasteiger partial charge in [-0.15, -0.1) is 0 Å². The van der Waals surface area contributed by atoms with E-state index in [1.807, 2.05) is 6.07 Å². The summed E-state index contributed by atoms with van der Waals surface area (Å²) in [5, 5.41) is 18.2. The normalized spacial score (nSPS) is 10.0. The molecule has 0 amide bonds. The van der Waals surface area contributed by atoms with Gasteiger partial charge in [0.05, 0.1) is 23.9 Å². The van der Waals surface area contributed by atoms with E-state index in [4.69, 9.17) is 5.26 Å². The van der Waals surface area contributed by atoms with Crippen molar-refractivity contribution in [1.82, 2.24) is 0 Å². The summed E-state index contributed by atoms with van der Waals surface area (Å²) in [5.41, 5.74) is 2.02. The van der Waals surface area contributed by atoms with Gasteiger partial charge in [0, 0.05) is 18.3 Å². The number of aliphatic hydroxyl groups excluding tert-OH is 1. The van der Waals surface area contributed by atoms with Crippen molar-refractivity contribution in [3.05, 3.63) is 59.4 Å². The Morgan fingerprint density at radius 3 is 2.68 bits per heavy atom. The zero-order valence-electron chi connectivity index (χ0n) is 10.5. The van der Waals surface area contributed by atoms with E-state index in [2.05, 4.69) is 0 Å². The molecule has 0 radical (unpaired) electrons. The molecule has 4 heteroatoms. The molecule has 3 nitrogen and oxygen atoms in total. The number of benzene rings is 2. The first kappa shape index (κ1) is 13.1. The highest BCUT2D eigenvalue weighted by molar-refractivity contribution is 5.67. The van der Waals surface area contributed by atoms with Crippen molar-refractivity contribution in [2.75, 3.05) is 11.9 Å². The Kier molecular flexibility index (Phi) is 3.79. The van der Waals surface area contributed by atoms with Gasteiger partial charge in [-0.2, -0.15) is 5.26 Å². The fourth-order valence-electron chi connectivity index (χ4n) is 1.98. The molecule has 2 aromatic rings. The molecule has 2 rings (SSSR count). The van der Waals surface area contributed by atoms with Gasteiger partial charge in [-0.05, 0) is 24.3 Å². The third-order valence-electron chi connectivity index (χ3n) is 2.94. The van der Waals surface area contributed by atoms with Crippen LogP contribution in [-0.2, 0) is 6.61 Å². The quantitative estimate of drug-likeness (QED) is 0.918. The summed E-state index contributed by atoms with van der Waals surface area (Å²) in [6, 6.07) is 13.5. The lowest BCUT2D eigenvalue weighted by molar-refractivity contribution is 0.281. The Morgan fingerprint density at radius 1 is 1.26 bits per heavy atom. The summed E-state index contributed by atoms with van der Waals surface area (Å²) in [4.78, 5) is 1.63.